The Morgan fingerprint density at radius 3 is 2.88 bits per heavy atom. The summed E-state index contributed by atoms with van der Waals surface area (Å²) in [5, 5.41) is 4.20. The van der Waals surface area contributed by atoms with E-state index in [1.807, 2.05) is 12.1 Å². The van der Waals surface area contributed by atoms with Gasteiger partial charge in [-0.3, -0.25) is 4.98 Å². The van der Waals surface area contributed by atoms with Crippen LogP contribution in [-0.2, 0) is 6.54 Å². The number of nitrogens with zero attached hydrogens (tertiary/aromatic N) is 3. The van der Waals surface area contributed by atoms with Gasteiger partial charge in [0.05, 0.1) is 0 Å². The van der Waals surface area contributed by atoms with E-state index in [4.69, 9.17) is 0 Å². The molecule has 2 aromatic rings. The number of anilines is 1. The lowest BCUT2D eigenvalue weighted by Crippen LogP contribution is -1.98. The van der Waals surface area contributed by atoms with Gasteiger partial charge in [0.2, 0.25) is 5.13 Å². The van der Waals surface area contributed by atoms with Crippen molar-refractivity contribution in [3.8, 4) is 0 Å². The van der Waals surface area contributed by atoms with Crippen molar-refractivity contribution in [2.24, 2.45) is 0 Å². The van der Waals surface area contributed by atoms with E-state index >= 15 is 0 Å². The summed E-state index contributed by atoms with van der Waals surface area (Å²) in [6.07, 6.45) is 6.10. The summed E-state index contributed by atoms with van der Waals surface area (Å²) in [7, 11) is 0. The van der Waals surface area contributed by atoms with Crippen LogP contribution < -0.4 is 5.32 Å². The number of aromatic nitrogens is 3. The lowest BCUT2D eigenvalue weighted by atomic mass is 10.3. The zero-order chi connectivity index (χ0) is 10.8. The Balaban J connectivity index is 1.61. The van der Waals surface area contributed by atoms with Gasteiger partial charge in [-0.1, -0.05) is 0 Å². The van der Waals surface area contributed by atoms with Crippen molar-refractivity contribution in [3.63, 3.8) is 0 Å². The normalized spacial score (nSPS) is 15.0. The lowest BCUT2D eigenvalue weighted by molar-refractivity contribution is 0.979. The molecule has 1 aliphatic rings. The second-order valence-electron chi connectivity index (χ2n) is 3.94. The van der Waals surface area contributed by atoms with Crippen LogP contribution in [0, 0.1) is 0 Å². The molecule has 4 nitrogen and oxygen atoms in total. The minimum absolute atomic E-state index is 0.632. The van der Waals surface area contributed by atoms with Crippen molar-refractivity contribution in [3.05, 3.63) is 35.9 Å². The van der Waals surface area contributed by atoms with Crippen molar-refractivity contribution < 1.29 is 0 Å². The first-order valence-electron chi connectivity index (χ1n) is 5.38. The van der Waals surface area contributed by atoms with Crippen LogP contribution in [0.2, 0.25) is 0 Å². The van der Waals surface area contributed by atoms with Gasteiger partial charge in [-0.2, -0.15) is 4.37 Å². The number of rotatable bonds is 4. The third-order valence-electron chi connectivity index (χ3n) is 2.58. The van der Waals surface area contributed by atoms with Crippen LogP contribution in [0.5, 0.6) is 0 Å². The second-order valence-corrected chi connectivity index (χ2v) is 4.69. The molecule has 2 heterocycles. The Morgan fingerprint density at radius 2 is 2.12 bits per heavy atom. The van der Waals surface area contributed by atoms with Crippen LogP contribution in [0.4, 0.5) is 5.13 Å². The molecular formula is C11H12N4S. The third-order valence-corrected chi connectivity index (χ3v) is 3.26. The SMILES string of the molecule is c1cc(CNc2nc(C3CC3)ns2)ccn1. The maximum atomic E-state index is 4.47. The first kappa shape index (κ1) is 9.72. The number of hydrogen-bond acceptors (Lipinski definition) is 5. The number of hydrogen-bond donors (Lipinski definition) is 1. The molecule has 0 spiro atoms. The largest absolute Gasteiger partial charge is 0.356 e. The van der Waals surface area contributed by atoms with Gasteiger partial charge >= 0.3 is 0 Å². The monoisotopic (exact) mass is 232 g/mol. The average Bonchev–Trinajstić information content (AvgIpc) is 3.08. The van der Waals surface area contributed by atoms with Gasteiger partial charge in [-0.05, 0) is 30.5 Å². The van der Waals surface area contributed by atoms with Crippen LogP contribution in [0.3, 0.4) is 0 Å². The van der Waals surface area contributed by atoms with E-state index in [0.29, 0.717) is 5.92 Å². The molecule has 0 unspecified atom stereocenters. The minimum Gasteiger partial charge on any atom is -0.356 e. The molecule has 0 aromatic carbocycles. The van der Waals surface area contributed by atoms with E-state index in [0.717, 1.165) is 17.5 Å². The van der Waals surface area contributed by atoms with E-state index < -0.39 is 0 Å². The fourth-order valence-corrected chi connectivity index (χ4v) is 2.13. The molecule has 0 amide bonds. The topological polar surface area (TPSA) is 50.7 Å². The molecule has 1 fully saturated rings. The van der Waals surface area contributed by atoms with Crippen molar-refractivity contribution in [2.75, 3.05) is 5.32 Å². The highest BCUT2D eigenvalue weighted by atomic mass is 32.1. The van der Waals surface area contributed by atoms with Gasteiger partial charge < -0.3 is 5.32 Å². The molecule has 82 valence electrons. The molecule has 2 aromatic heterocycles. The Kier molecular flexibility index (Phi) is 2.53. The van der Waals surface area contributed by atoms with Crippen LogP contribution >= 0.6 is 11.5 Å². The van der Waals surface area contributed by atoms with Crippen LogP contribution in [-0.4, -0.2) is 14.3 Å². The number of nitrogens with one attached hydrogen (secondary N) is 1. The standard InChI is InChI=1S/C11H12N4S/c1-2-9(1)10-14-11(16-15-10)13-7-8-3-5-12-6-4-8/h3-6,9H,1-2,7H2,(H,13,14,15). The smallest absolute Gasteiger partial charge is 0.202 e. The van der Waals surface area contributed by atoms with Crippen molar-refractivity contribution in [1.82, 2.24) is 14.3 Å². The molecule has 3 rings (SSSR count). The summed E-state index contributed by atoms with van der Waals surface area (Å²) < 4.78 is 4.35. The summed E-state index contributed by atoms with van der Waals surface area (Å²) in [5.41, 5.74) is 1.21. The lowest BCUT2D eigenvalue weighted by Gasteiger charge is -2.00. The Hall–Kier alpha value is -1.49. The highest BCUT2D eigenvalue weighted by Gasteiger charge is 2.27. The van der Waals surface area contributed by atoms with Gasteiger partial charge in [0, 0.05) is 36.4 Å². The Morgan fingerprint density at radius 1 is 1.31 bits per heavy atom. The molecular weight excluding hydrogens is 220 g/mol. The summed E-state index contributed by atoms with van der Waals surface area (Å²) in [6.45, 7) is 0.780. The Labute approximate surface area is 97.9 Å². The van der Waals surface area contributed by atoms with E-state index in [2.05, 4.69) is 19.7 Å². The molecule has 0 radical (unpaired) electrons. The van der Waals surface area contributed by atoms with Crippen molar-refractivity contribution >= 4 is 16.7 Å². The van der Waals surface area contributed by atoms with E-state index in [9.17, 15) is 0 Å². The molecule has 0 bridgehead atoms. The second kappa shape index (κ2) is 4.17. The quantitative estimate of drug-likeness (QED) is 0.879. The molecule has 0 aliphatic heterocycles. The summed E-state index contributed by atoms with van der Waals surface area (Å²) in [6, 6.07) is 3.99. The molecule has 0 saturated heterocycles. The van der Waals surface area contributed by atoms with Gasteiger partial charge in [-0.25, -0.2) is 4.98 Å². The maximum Gasteiger partial charge on any atom is 0.202 e. The summed E-state index contributed by atoms with van der Waals surface area (Å²) in [5.74, 6) is 1.65. The van der Waals surface area contributed by atoms with E-state index in [1.54, 1.807) is 12.4 Å². The molecule has 1 N–H and O–H groups in total. The van der Waals surface area contributed by atoms with Gasteiger partial charge in [0.1, 0.15) is 5.82 Å². The first-order chi connectivity index (χ1) is 7.92. The predicted molar refractivity (Wildman–Crippen MR) is 63.4 cm³/mol. The van der Waals surface area contributed by atoms with Crippen LogP contribution in [0.1, 0.15) is 30.1 Å². The highest BCUT2D eigenvalue weighted by molar-refractivity contribution is 7.09. The van der Waals surface area contributed by atoms with E-state index in [1.165, 1.54) is 29.9 Å². The Bertz CT molecular complexity index is 464. The van der Waals surface area contributed by atoms with Gasteiger partial charge in [0.25, 0.3) is 0 Å². The zero-order valence-corrected chi connectivity index (χ0v) is 9.57. The molecule has 5 heteroatoms. The fourth-order valence-electron chi connectivity index (χ4n) is 1.49. The first-order valence-corrected chi connectivity index (χ1v) is 6.15. The third kappa shape index (κ3) is 2.19. The molecule has 16 heavy (non-hydrogen) atoms. The summed E-state index contributed by atoms with van der Waals surface area (Å²) in [4.78, 5) is 8.45. The van der Waals surface area contributed by atoms with Crippen molar-refractivity contribution in [1.29, 1.82) is 0 Å². The maximum absolute atomic E-state index is 4.47. The fraction of sp³-hybridized carbons (Fsp3) is 0.364. The van der Waals surface area contributed by atoms with Gasteiger partial charge in [0.15, 0.2) is 0 Å². The highest BCUT2D eigenvalue weighted by Crippen LogP contribution is 2.39. The number of pyridine rings is 1. The minimum atomic E-state index is 0.632. The molecule has 0 atom stereocenters. The predicted octanol–water partition coefficient (Wildman–Crippen LogP) is 2.42. The zero-order valence-electron chi connectivity index (χ0n) is 8.76. The van der Waals surface area contributed by atoms with Crippen LogP contribution in [0.15, 0.2) is 24.5 Å². The summed E-state index contributed by atoms with van der Waals surface area (Å²) >= 11 is 1.45. The average molecular weight is 232 g/mol. The van der Waals surface area contributed by atoms with Crippen molar-refractivity contribution in [2.45, 2.75) is 25.3 Å². The van der Waals surface area contributed by atoms with Gasteiger partial charge in [-0.15, -0.1) is 0 Å². The van der Waals surface area contributed by atoms with E-state index in [-0.39, 0.29) is 0 Å². The molecule has 1 saturated carbocycles. The van der Waals surface area contributed by atoms with Crippen LogP contribution in [0.25, 0.3) is 0 Å². The molecule has 1 aliphatic carbocycles.